The summed E-state index contributed by atoms with van der Waals surface area (Å²) in [6.45, 7) is 6.27. The normalized spacial score (nSPS) is 10.8. The molecule has 0 unspecified atom stereocenters. The van der Waals surface area contributed by atoms with Crippen molar-refractivity contribution in [3.63, 3.8) is 0 Å². The molecule has 2 aromatic carbocycles. The lowest BCUT2D eigenvalue weighted by atomic mass is 9.87. The van der Waals surface area contributed by atoms with Gasteiger partial charge in [0.1, 0.15) is 11.8 Å². The Morgan fingerprint density at radius 2 is 1.96 bits per heavy atom. The van der Waals surface area contributed by atoms with Crippen LogP contribution in [0, 0.1) is 11.3 Å². The summed E-state index contributed by atoms with van der Waals surface area (Å²) in [7, 11) is 0. The second-order valence-corrected chi connectivity index (χ2v) is 7.24. The first-order valence-corrected chi connectivity index (χ1v) is 8.32. The first kappa shape index (κ1) is 18.0. The molecule has 0 aliphatic rings. The monoisotopic (exact) mass is 386 g/mol. The van der Waals surface area contributed by atoms with Crippen molar-refractivity contribution in [2.24, 2.45) is 0 Å². The highest BCUT2D eigenvalue weighted by atomic mass is 79.9. The van der Waals surface area contributed by atoms with Crippen LogP contribution in [0.25, 0.3) is 0 Å². The number of hydrogen-bond acceptors (Lipinski definition) is 3. The van der Waals surface area contributed by atoms with Gasteiger partial charge in [0.2, 0.25) is 0 Å². The minimum atomic E-state index is -0.315. The second kappa shape index (κ2) is 7.50. The summed E-state index contributed by atoms with van der Waals surface area (Å²) in [6, 6.07) is 14.7. The average molecular weight is 387 g/mol. The minimum absolute atomic E-state index is 0.0411. The van der Waals surface area contributed by atoms with Gasteiger partial charge in [-0.1, -0.05) is 39.0 Å². The summed E-state index contributed by atoms with van der Waals surface area (Å²) in [5.74, 6) is 0.288. The number of hydrogen-bond donors (Lipinski definition) is 1. The number of carbonyl (C=O) groups excluding carboxylic acids is 1. The summed E-state index contributed by atoms with van der Waals surface area (Å²) in [6.07, 6.45) is 0. The Balaban J connectivity index is 2.01. The van der Waals surface area contributed by atoms with E-state index in [2.05, 4.69) is 42.0 Å². The van der Waals surface area contributed by atoms with Crippen LogP contribution < -0.4 is 10.1 Å². The van der Waals surface area contributed by atoms with E-state index < -0.39 is 0 Å². The van der Waals surface area contributed by atoms with Gasteiger partial charge in [-0.25, -0.2) is 0 Å². The SMILES string of the molecule is CC(C)(C)c1ccc(OCC(=O)Nc2ccccc2C#N)c(Br)c1. The van der Waals surface area contributed by atoms with Crippen LogP contribution in [0.1, 0.15) is 31.9 Å². The number of anilines is 1. The van der Waals surface area contributed by atoms with E-state index in [1.807, 2.05) is 24.3 Å². The maximum Gasteiger partial charge on any atom is 0.262 e. The number of nitriles is 1. The van der Waals surface area contributed by atoms with Gasteiger partial charge in [0.25, 0.3) is 5.91 Å². The highest BCUT2D eigenvalue weighted by Crippen LogP contribution is 2.31. The molecular formula is C19H19BrN2O2. The number of para-hydroxylation sites is 1. The summed E-state index contributed by atoms with van der Waals surface area (Å²) < 4.78 is 6.38. The number of amides is 1. The molecule has 1 N–H and O–H groups in total. The molecule has 0 bridgehead atoms. The molecule has 0 saturated carbocycles. The molecule has 0 aliphatic heterocycles. The molecule has 4 nitrogen and oxygen atoms in total. The van der Waals surface area contributed by atoms with Crippen molar-refractivity contribution in [3.05, 3.63) is 58.1 Å². The Hall–Kier alpha value is -2.32. The van der Waals surface area contributed by atoms with Gasteiger partial charge >= 0.3 is 0 Å². The van der Waals surface area contributed by atoms with Crippen molar-refractivity contribution in [1.29, 1.82) is 5.26 Å². The summed E-state index contributed by atoms with van der Waals surface area (Å²) in [5.41, 5.74) is 2.12. The standard InChI is InChI=1S/C19H19BrN2O2/c1-19(2,3)14-8-9-17(15(20)10-14)24-12-18(23)22-16-7-5-4-6-13(16)11-21/h4-10H,12H2,1-3H3,(H,22,23). The largest absolute Gasteiger partial charge is 0.483 e. The molecule has 5 heteroatoms. The maximum atomic E-state index is 12.0. The van der Waals surface area contributed by atoms with Gasteiger partial charge in [-0.3, -0.25) is 4.79 Å². The van der Waals surface area contributed by atoms with Crippen molar-refractivity contribution < 1.29 is 9.53 Å². The molecule has 24 heavy (non-hydrogen) atoms. The van der Waals surface area contributed by atoms with Crippen LogP contribution in [0.3, 0.4) is 0 Å². The van der Waals surface area contributed by atoms with Crippen molar-refractivity contribution in [2.75, 3.05) is 11.9 Å². The fourth-order valence-electron chi connectivity index (χ4n) is 2.10. The Labute approximate surface area is 150 Å². The fourth-order valence-corrected chi connectivity index (χ4v) is 2.60. The maximum absolute atomic E-state index is 12.0. The molecule has 0 radical (unpaired) electrons. The molecule has 124 valence electrons. The van der Waals surface area contributed by atoms with Gasteiger partial charge < -0.3 is 10.1 Å². The van der Waals surface area contributed by atoms with Gasteiger partial charge in [0.15, 0.2) is 6.61 Å². The third-order valence-electron chi connectivity index (χ3n) is 3.48. The Morgan fingerprint density at radius 3 is 2.58 bits per heavy atom. The number of nitrogens with zero attached hydrogens (tertiary/aromatic N) is 1. The number of ether oxygens (including phenoxy) is 1. The third-order valence-corrected chi connectivity index (χ3v) is 4.10. The molecule has 2 rings (SSSR count). The summed E-state index contributed by atoms with van der Waals surface area (Å²) in [4.78, 5) is 12.0. The van der Waals surface area contributed by atoms with Crippen LogP contribution in [-0.4, -0.2) is 12.5 Å². The Kier molecular flexibility index (Phi) is 5.63. The molecule has 0 heterocycles. The lowest BCUT2D eigenvalue weighted by Gasteiger charge is -2.20. The zero-order chi connectivity index (χ0) is 17.7. The summed E-state index contributed by atoms with van der Waals surface area (Å²) in [5, 5.41) is 11.7. The lowest BCUT2D eigenvalue weighted by molar-refractivity contribution is -0.118. The number of carbonyl (C=O) groups is 1. The van der Waals surface area contributed by atoms with Crippen molar-refractivity contribution in [1.82, 2.24) is 0 Å². The molecule has 0 fully saturated rings. The van der Waals surface area contributed by atoms with Crippen LogP contribution in [0.2, 0.25) is 0 Å². The Bertz CT molecular complexity index is 789. The van der Waals surface area contributed by atoms with Gasteiger partial charge in [-0.15, -0.1) is 0 Å². The van der Waals surface area contributed by atoms with Crippen molar-refractivity contribution in [2.45, 2.75) is 26.2 Å². The van der Waals surface area contributed by atoms with E-state index in [0.29, 0.717) is 17.0 Å². The molecule has 1 amide bonds. The smallest absolute Gasteiger partial charge is 0.262 e. The lowest BCUT2D eigenvalue weighted by Crippen LogP contribution is -2.21. The van der Waals surface area contributed by atoms with E-state index in [1.165, 1.54) is 5.56 Å². The summed E-state index contributed by atoms with van der Waals surface area (Å²) >= 11 is 3.48. The molecule has 0 aromatic heterocycles. The quantitative estimate of drug-likeness (QED) is 0.832. The van der Waals surface area contributed by atoms with E-state index in [-0.39, 0.29) is 17.9 Å². The zero-order valence-corrected chi connectivity index (χ0v) is 15.5. The van der Waals surface area contributed by atoms with Crippen molar-refractivity contribution in [3.8, 4) is 11.8 Å². The Morgan fingerprint density at radius 1 is 1.25 bits per heavy atom. The first-order valence-electron chi connectivity index (χ1n) is 7.53. The average Bonchev–Trinajstić information content (AvgIpc) is 2.53. The highest BCUT2D eigenvalue weighted by Gasteiger charge is 2.16. The highest BCUT2D eigenvalue weighted by molar-refractivity contribution is 9.10. The number of nitrogens with one attached hydrogen (secondary N) is 1. The number of halogens is 1. The predicted molar refractivity (Wildman–Crippen MR) is 98.1 cm³/mol. The topological polar surface area (TPSA) is 62.1 Å². The third kappa shape index (κ3) is 4.59. The molecule has 0 atom stereocenters. The van der Waals surface area contributed by atoms with Gasteiger partial charge in [-0.2, -0.15) is 5.26 Å². The minimum Gasteiger partial charge on any atom is -0.483 e. The fraction of sp³-hybridized carbons (Fsp3) is 0.263. The molecular weight excluding hydrogens is 368 g/mol. The van der Waals surface area contributed by atoms with Crippen LogP contribution in [-0.2, 0) is 10.2 Å². The van der Waals surface area contributed by atoms with E-state index in [4.69, 9.17) is 10.00 Å². The zero-order valence-electron chi connectivity index (χ0n) is 13.9. The van der Waals surface area contributed by atoms with E-state index >= 15 is 0 Å². The number of rotatable bonds is 4. The van der Waals surface area contributed by atoms with Gasteiger partial charge in [0.05, 0.1) is 15.7 Å². The molecule has 2 aromatic rings. The molecule has 0 saturated heterocycles. The second-order valence-electron chi connectivity index (χ2n) is 6.39. The van der Waals surface area contributed by atoms with Gasteiger partial charge in [-0.05, 0) is 51.2 Å². The van der Waals surface area contributed by atoms with Crippen LogP contribution >= 0.6 is 15.9 Å². The predicted octanol–water partition coefficient (Wildman–Crippen LogP) is 4.64. The van der Waals surface area contributed by atoms with Crippen LogP contribution in [0.5, 0.6) is 5.75 Å². The first-order chi connectivity index (χ1) is 11.3. The van der Waals surface area contributed by atoms with Gasteiger partial charge in [0, 0.05) is 0 Å². The van der Waals surface area contributed by atoms with E-state index in [1.54, 1.807) is 24.3 Å². The number of benzene rings is 2. The van der Waals surface area contributed by atoms with Crippen LogP contribution in [0.4, 0.5) is 5.69 Å². The molecule has 0 spiro atoms. The van der Waals surface area contributed by atoms with E-state index in [0.717, 1.165) is 4.47 Å². The van der Waals surface area contributed by atoms with Crippen molar-refractivity contribution >= 4 is 27.5 Å². The van der Waals surface area contributed by atoms with E-state index in [9.17, 15) is 4.79 Å². The molecule has 0 aliphatic carbocycles. The van der Waals surface area contributed by atoms with Crippen LogP contribution in [0.15, 0.2) is 46.9 Å².